The van der Waals surface area contributed by atoms with Crippen molar-refractivity contribution in [1.82, 2.24) is 9.66 Å². The summed E-state index contributed by atoms with van der Waals surface area (Å²) in [6, 6.07) is 8.92. The van der Waals surface area contributed by atoms with E-state index in [0.29, 0.717) is 51.8 Å². The van der Waals surface area contributed by atoms with Crippen LogP contribution in [0.2, 0.25) is 5.02 Å². The summed E-state index contributed by atoms with van der Waals surface area (Å²) in [7, 11) is 1.56. The van der Waals surface area contributed by atoms with Gasteiger partial charge < -0.3 is 9.47 Å². The maximum absolute atomic E-state index is 13.3. The average Bonchev–Trinajstić information content (AvgIpc) is 2.75. The molecule has 33 heavy (non-hydrogen) atoms. The lowest BCUT2D eigenvalue weighted by molar-refractivity contribution is 0.191. The van der Waals surface area contributed by atoms with E-state index in [1.165, 1.54) is 4.68 Å². The summed E-state index contributed by atoms with van der Waals surface area (Å²) in [6.07, 6.45) is 4.10. The monoisotopic (exact) mass is 533 g/mol. The number of ether oxygens (including phenoxy) is 2. The van der Waals surface area contributed by atoms with Gasteiger partial charge in [0.05, 0.1) is 30.8 Å². The van der Waals surface area contributed by atoms with Gasteiger partial charge in [0, 0.05) is 27.5 Å². The molecule has 3 aromatic rings. The van der Waals surface area contributed by atoms with Crippen molar-refractivity contribution >= 4 is 44.6 Å². The van der Waals surface area contributed by atoms with Crippen LogP contribution in [0.3, 0.4) is 0 Å². The van der Waals surface area contributed by atoms with E-state index in [-0.39, 0.29) is 11.0 Å². The van der Waals surface area contributed by atoms with Crippen molar-refractivity contribution in [3.8, 4) is 11.5 Å². The SMILES string of the molecule is CCCCc1nc2ccc(Br)cc2c(=O)n1N=Cc1cc(Cl)cc(OC)c1OCC(C)(C)C. The Labute approximate surface area is 207 Å². The molecule has 0 saturated carbocycles. The van der Waals surface area contributed by atoms with Crippen LogP contribution in [0.4, 0.5) is 0 Å². The standard InChI is InChI=1S/C25H29BrClN3O3/c1-6-7-8-22-29-20-10-9-17(26)12-19(20)24(31)30(22)28-14-16-11-18(27)13-21(32-5)23(16)33-15-25(2,3)4/h9-14H,6-8,15H2,1-5H3. The molecule has 8 heteroatoms. The normalized spacial score (nSPS) is 12.0. The molecule has 0 fully saturated rings. The van der Waals surface area contributed by atoms with Gasteiger partial charge in [-0.05, 0) is 36.1 Å². The van der Waals surface area contributed by atoms with Crippen LogP contribution in [0, 0.1) is 5.41 Å². The Morgan fingerprint density at radius 2 is 2.00 bits per heavy atom. The van der Waals surface area contributed by atoms with Crippen LogP contribution in [-0.4, -0.2) is 29.6 Å². The van der Waals surface area contributed by atoms with Crippen molar-refractivity contribution in [3.63, 3.8) is 0 Å². The molecular formula is C25H29BrClN3O3. The second-order valence-electron chi connectivity index (χ2n) is 9.03. The number of halogens is 2. The first-order valence-electron chi connectivity index (χ1n) is 10.9. The van der Waals surface area contributed by atoms with Gasteiger partial charge in [-0.3, -0.25) is 4.79 Å². The second-order valence-corrected chi connectivity index (χ2v) is 10.4. The average molecular weight is 535 g/mol. The summed E-state index contributed by atoms with van der Waals surface area (Å²) >= 11 is 9.75. The minimum Gasteiger partial charge on any atom is -0.493 e. The van der Waals surface area contributed by atoms with Gasteiger partial charge in [-0.25, -0.2) is 4.98 Å². The van der Waals surface area contributed by atoms with Gasteiger partial charge in [-0.15, -0.1) is 0 Å². The Balaban J connectivity index is 2.13. The van der Waals surface area contributed by atoms with Crippen LogP contribution in [0.1, 0.15) is 51.9 Å². The fraction of sp³-hybridized carbons (Fsp3) is 0.400. The van der Waals surface area contributed by atoms with Crippen molar-refractivity contribution < 1.29 is 9.47 Å². The van der Waals surface area contributed by atoms with E-state index >= 15 is 0 Å². The molecule has 0 amide bonds. The lowest BCUT2D eigenvalue weighted by atomic mass is 9.98. The van der Waals surface area contributed by atoms with Gasteiger partial charge >= 0.3 is 0 Å². The van der Waals surface area contributed by atoms with Crippen LogP contribution in [0.25, 0.3) is 10.9 Å². The first-order valence-corrected chi connectivity index (χ1v) is 12.1. The topological polar surface area (TPSA) is 65.7 Å². The van der Waals surface area contributed by atoms with Gasteiger partial charge in [0.25, 0.3) is 5.56 Å². The molecule has 1 heterocycles. The zero-order valence-electron chi connectivity index (χ0n) is 19.6. The second kappa shape index (κ2) is 10.7. The van der Waals surface area contributed by atoms with E-state index in [4.69, 9.17) is 26.1 Å². The summed E-state index contributed by atoms with van der Waals surface area (Å²) in [5.74, 6) is 1.65. The van der Waals surface area contributed by atoms with E-state index < -0.39 is 0 Å². The van der Waals surface area contributed by atoms with Gasteiger partial charge in [-0.1, -0.05) is 61.6 Å². The largest absolute Gasteiger partial charge is 0.493 e. The predicted octanol–water partition coefficient (Wildman–Crippen LogP) is 6.47. The summed E-state index contributed by atoms with van der Waals surface area (Å²) < 4.78 is 13.8. The van der Waals surface area contributed by atoms with Crippen molar-refractivity contribution in [2.24, 2.45) is 10.5 Å². The highest BCUT2D eigenvalue weighted by Gasteiger charge is 2.17. The molecule has 1 aromatic heterocycles. The molecule has 0 saturated heterocycles. The highest BCUT2D eigenvalue weighted by atomic mass is 79.9. The Kier molecular flexibility index (Phi) is 8.19. The van der Waals surface area contributed by atoms with Crippen molar-refractivity contribution in [3.05, 3.63) is 61.6 Å². The third-order valence-electron chi connectivity index (χ3n) is 4.86. The maximum Gasteiger partial charge on any atom is 0.282 e. The molecule has 0 aliphatic heterocycles. The van der Waals surface area contributed by atoms with Crippen molar-refractivity contribution in [1.29, 1.82) is 0 Å². The van der Waals surface area contributed by atoms with Gasteiger partial charge in [0.1, 0.15) is 5.82 Å². The fourth-order valence-electron chi connectivity index (χ4n) is 3.21. The number of hydrogen-bond donors (Lipinski definition) is 0. The first kappa shape index (κ1) is 25.2. The number of aryl methyl sites for hydroxylation is 1. The van der Waals surface area contributed by atoms with Crippen LogP contribution in [0.15, 0.2) is 44.7 Å². The minimum atomic E-state index is -0.227. The summed E-state index contributed by atoms with van der Waals surface area (Å²) in [5, 5.41) is 5.51. The highest BCUT2D eigenvalue weighted by Crippen LogP contribution is 2.35. The summed E-state index contributed by atoms with van der Waals surface area (Å²) in [4.78, 5) is 18.0. The quantitative estimate of drug-likeness (QED) is 0.311. The molecular weight excluding hydrogens is 506 g/mol. The lowest BCUT2D eigenvalue weighted by Crippen LogP contribution is -2.22. The Morgan fingerprint density at radius 1 is 1.24 bits per heavy atom. The molecule has 0 aliphatic carbocycles. The third-order valence-corrected chi connectivity index (χ3v) is 5.57. The van der Waals surface area contributed by atoms with E-state index in [1.54, 1.807) is 31.5 Å². The number of unbranched alkanes of at least 4 members (excludes halogenated alkanes) is 1. The smallest absolute Gasteiger partial charge is 0.282 e. The van der Waals surface area contributed by atoms with E-state index in [9.17, 15) is 4.79 Å². The number of methoxy groups -OCH3 is 1. The van der Waals surface area contributed by atoms with Crippen LogP contribution in [-0.2, 0) is 6.42 Å². The van der Waals surface area contributed by atoms with Crippen LogP contribution in [0.5, 0.6) is 11.5 Å². The molecule has 2 aromatic carbocycles. The number of hydrogen-bond acceptors (Lipinski definition) is 5. The Bertz CT molecular complexity index is 1230. The number of rotatable bonds is 8. The van der Waals surface area contributed by atoms with Gasteiger partial charge in [0.2, 0.25) is 0 Å². The van der Waals surface area contributed by atoms with E-state index in [0.717, 1.165) is 17.3 Å². The summed E-state index contributed by atoms with van der Waals surface area (Å²) in [5.41, 5.74) is 0.986. The zero-order valence-corrected chi connectivity index (χ0v) is 22.0. The molecule has 6 nitrogen and oxygen atoms in total. The Hall–Kier alpha value is -2.38. The molecule has 0 N–H and O–H groups in total. The number of nitrogens with zero attached hydrogens (tertiary/aromatic N) is 3. The number of benzene rings is 2. The highest BCUT2D eigenvalue weighted by molar-refractivity contribution is 9.10. The van der Waals surface area contributed by atoms with E-state index in [1.807, 2.05) is 12.1 Å². The van der Waals surface area contributed by atoms with Gasteiger partial charge in [0.15, 0.2) is 11.5 Å². The van der Waals surface area contributed by atoms with E-state index in [2.05, 4.69) is 48.7 Å². The molecule has 176 valence electrons. The molecule has 0 bridgehead atoms. The summed E-state index contributed by atoms with van der Waals surface area (Å²) in [6.45, 7) is 8.82. The molecule has 0 aliphatic rings. The maximum atomic E-state index is 13.3. The molecule has 0 spiro atoms. The fourth-order valence-corrected chi connectivity index (χ4v) is 3.79. The first-order chi connectivity index (χ1) is 15.6. The van der Waals surface area contributed by atoms with Crippen molar-refractivity contribution in [2.75, 3.05) is 13.7 Å². The lowest BCUT2D eigenvalue weighted by Gasteiger charge is -2.21. The predicted molar refractivity (Wildman–Crippen MR) is 138 cm³/mol. The van der Waals surface area contributed by atoms with Crippen molar-refractivity contribution in [2.45, 2.75) is 47.0 Å². The minimum absolute atomic E-state index is 0.0566. The Morgan fingerprint density at radius 3 is 2.67 bits per heavy atom. The molecule has 0 radical (unpaired) electrons. The van der Waals surface area contributed by atoms with Crippen LogP contribution < -0.4 is 15.0 Å². The molecule has 0 atom stereocenters. The zero-order chi connectivity index (χ0) is 24.2. The third kappa shape index (κ3) is 6.36. The molecule has 0 unspecified atom stereocenters. The number of aromatic nitrogens is 2. The molecule has 3 rings (SSSR count). The van der Waals surface area contributed by atoms with Gasteiger partial charge in [-0.2, -0.15) is 9.78 Å². The van der Waals surface area contributed by atoms with Crippen LogP contribution >= 0.6 is 27.5 Å². The number of fused-ring (bicyclic) bond motifs is 1.